The maximum atomic E-state index is 12.2. The lowest BCUT2D eigenvalue weighted by atomic mass is 10.0. The van der Waals surface area contributed by atoms with E-state index in [0.29, 0.717) is 16.5 Å². The molecule has 0 N–H and O–H groups in total. The summed E-state index contributed by atoms with van der Waals surface area (Å²) in [6.07, 6.45) is 4.36. The Balaban J connectivity index is 2.62. The summed E-state index contributed by atoms with van der Waals surface area (Å²) in [5.74, 6) is -0.422. The number of fused-ring (bicyclic) bond motifs is 1. The first-order valence-electron chi connectivity index (χ1n) is 5.70. The Morgan fingerprint density at radius 1 is 1.21 bits per heavy atom. The molecule has 3 heteroatoms. The Bertz CT molecular complexity index is 748. The van der Waals surface area contributed by atoms with Crippen LogP contribution in [0, 0.1) is 0 Å². The fraction of sp³-hybridized carbons (Fsp3) is 0. The Morgan fingerprint density at radius 2 is 1.95 bits per heavy atom. The molecule has 0 radical (unpaired) electrons. The number of hydrogen-bond acceptors (Lipinski definition) is 3. The van der Waals surface area contributed by atoms with Crippen molar-refractivity contribution in [2.24, 2.45) is 0 Å². The van der Waals surface area contributed by atoms with E-state index >= 15 is 0 Å². The molecule has 94 valence electrons. The Morgan fingerprint density at radius 3 is 2.63 bits per heavy atom. The topological polar surface area (TPSA) is 47.3 Å². The van der Waals surface area contributed by atoms with Gasteiger partial charge in [0.2, 0.25) is 0 Å². The van der Waals surface area contributed by atoms with Crippen LogP contribution in [-0.2, 0) is 0 Å². The minimum atomic E-state index is -0.652. The normalized spacial score (nSPS) is 11.3. The van der Waals surface area contributed by atoms with Crippen molar-refractivity contribution in [1.29, 1.82) is 0 Å². The fourth-order valence-corrected chi connectivity index (χ4v) is 1.74. The third-order valence-electron chi connectivity index (χ3n) is 2.67. The lowest BCUT2D eigenvalue weighted by Crippen LogP contribution is -2.14. The van der Waals surface area contributed by atoms with Gasteiger partial charge in [0.25, 0.3) is 0 Å². The van der Waals surface area contributed by atoms with Gasteiger partial charge in [-0.25, -0.2) is 4.79 Å². The smallest absolute Gasteiger partial charge is 0.347 e. The number of carbonyl (C=O) groups is 1. The molecule has 19 heavy (non-hydrogen) atoms. The predicted octanol–water partition coefficient (Wildman–Crippen LogP) is 3.27. The molecule has 1 aromatic heterocycles. The van der Waals surface area contributed by atoms with Crippen LogP contribution in [0.15, 0.2) is 76.5 Å². The van der Waals surface area contributed by atoms with E-state index in [4.69, 9.17) is 4.42 Å². The summed E-state index contributed by atoms with van der Waals surface area (Å²) < 4.78 is 5.12. The Kier molecular flexibility index (Phi) is 3.57. The van der Waals surface area contributed by atoms with Crippen LogP contribution < -0.4 is 5.63 Å². The average molecular weight is 252 g/mol. The number of carbonyl (C=O) groups excluding carboxylic acids is 1. The largest absolute Gasteiger partial charge is 0.422 e. The maximum Gasteiger partial charge on any atom is 0.347 e. The van der Waals surface area contributed by atoms with E-state index in [2.05, 4.69) is 13.2 Å². The van der Waals surface area contributed by atoms with E-state index in [1.807, 2.05) is 6.07 Å². The van der Waals surface area contributed by atoms with Crippen molar-refractivity contribution >= 4 is 16.8 Å². The molecule has 0 saturated heterocycles. The molecule has 1 aromatic carbocycles. The van der Waals surface area contributed by atoms with Gasteiger partial charge in [0, 0.05) is 11.0 Å². The summed E-state index contributed by atoms with van der Waals surface area (Å²) >= 11 is 0. The number of para-hydroxylation sites is 1. The van der Waals surface area contributed by atoms with E-state index in [0.717, 1.165) is 0 Å². The first-order chi connectivity index (χ1) is 9.17. The zero-order valence-electron chi connectivity index (χ0n) is 10.3. The molecule has 0 saturated carbocycles. The molecule has 0 unspecified atom stereocenters. The van der Waals surface area contributed by atoms with Gasteiger partial charge in [0.05, 0.1) is 0 Å². The summed E-state index contributed by atoms with van der Waals surface area (Å²) in [6.45, 7) is 7.07. The third kappa shape index (κ3) is 2.45. The molecule has 0 aliphatic carbocycles. The molecule has 0 fully saturated rings. The van der Waals surface area contributed by atoms with Crippen molar-refractivity contribution in [3.63, 3.8) is 0 Å². The van der Waals surface area contributed by atoms with Gasteiger partial charge in [0.15, 0.2) is 5.78 Å². The second kappa shape index (κ2) is 5.31. The van der Waals surface area contributed by atoms with Gasteiger partial charge in [-0.3, -0.25) is 4.79 Å². The lowest BCUT2D eigenvalue weighted by Gasteiger charge is -2.02. The minimum Gasteiger partial charge on any atom is -0.422 e. The van der Waals surface area contributed by atoms with Crippen molar-refractivity contribution in [3.8, 4) is 0 Å². The van der Waals surface area contributed by atoms with Crippen LogP contribution >= 0.6 is 0 Å². The Labute approximate surface area is 110 Å². The standard InChI is InChI=1S/C16H12O3/c1-3-7-11(4-2)15(17)13-10-12-8-5-6-9-14(12)19-16(13)18/h3-10H,1-2H2/b11-7+. The molecular weight excluding hydrogens is 240 g/mol. The highest BCUT2D eigenvalue weighted by Gasteiger charge is 2.15. The Hall–Kier alpha value is -2.68. The van der Waals surface area contributed by atoms with Crippen molar-refractivity contribution in [2.75, 3.05) is 0 Å². The first kappa shape index (κ1) is 12.8. The van der Waals surface area contributed by atoms with Gasteiger partial charge in [-0.15, -0.1) is 0 Å². The number of Topliss-reactive ketones (excluding diaryl/α,β-unsaturated/α-hetero) is 1. The molecule has 0 aliphatic rings. The van der Waals surface area contributed by atoms with Crippen LogP contribution in [0.25, 0.3) is 11.0 Å². The van der Waals surface area contributed by atoms with Crippen LogP contribution in [0.3, 0.4) is 0 Å². The molecule has 0 aliphatic heterocycles. The van der Waals surface area contributed by atoms with Gasteiger partial charge in [-0.2, -0.15) is 0 Å². The molecule has 0 atom stereocenters. The van der Waals surface area contributed by atoms with Crippen molar-refractivity contribution in [1.82, 2.24) is 0 Å². The van der Waals surface area contributed by atoms with Crippen molar-refractivity contribution in [3.05, 3.63) is 83.3 Å². The van der Waals surface area contributed by atoms with E-state index in [-0.39, 0.29) is 5.56 Å². The summed E-state index contributed by atoms with van der Waals surface area (Å²) in [7, 11) is 0. The molecule has 2 aromatic rings. The zero-order chi connectivity index (χ0) is 13.8. The summed E-state index contributed by atoms with van der Waals surface area (Å²) in [5.41, 5.74) is 0.0988. The van der Waals surface area contributed by atoms with Gasteiger partial charge in [0.1, 0.15) is 11.1 Å². The molecule has 1 heterocycles. The van der Waals surface area contributed by atoms with Gasteiger partial charge < -0.3 is 4.42 Å². The lowest BCUT2D eigenvalue weighted by molar-refractivity contribution is 0.103. The number of benzene rings is 1. The van der Waals surface area contributed by atoms with Crippen LogP contribution in [0.4, 0.5) is 0 Å². The highest BCUT2D eigenvalue weighted by Crippen LogP contribution is 2.15. The second-order valence-electron chi connectivity index (χ2n) is 3.88. The highest BCUT2D eigenvalue weighted by atomic mass is 16.4. The van der Waals surface area contributed by atoms with Crippen molar-refractivity contribution < 1.29 is 9.21 Å². The van der Waals surface area contributed by atoms with E-state index in [1.54, 1.807) is 18.2 Å². The quantitative estimate of drug-likeness (QED) is 0.363. The number of rotatable bonds is 4. The summed E-state index contributed by atoms with van der Waals surface area (Å²) in [4.78, 5) is 24.0. The van der Waals surface area contributed by atoms with Crippen LogP contribution in [-0.4, -0.2) is 5.78 Å². The molecule has 0 bridgehead atoms. The second-order valence-corrected chi connectivity index (χ2v) is 3.88. The zero-order valence-corrected chi connectivity index (χ0v) is 10.3. The first-order valence-corrected chi connectivity index (χ1v) is 5.70. The maximum absolute atomic E-state index is 12.2. The molecule has 0 amide bonds. The number of ketones is 1. The average Bonchev–Trinajstić information content (AvgIpc) is 2.43. The van der Waals surface area contributed by atoms with Gasteiger partial charge in [-0.05, 0) is 12.1 Å². The summed E-state index contributed by atoms with van der Waals surface area (Å²) in [6, 6.07) is 8.56. The fourth-order valence-electron chi connectivity index (χ4n) is 1.74. The van der Waals surface area contributed by atoms with E-state index in [9.17, 15) is 9.59 Å². The molecule has 3 nitrogen and oxygen atoms in total. The van der Waals surface area contributed by atoms with Gasteiger partial charge >= 0.3 is 5.63 Å². The summed E-state index contributed by atoms with van der Waals surface area (Å²) in [5, 5.41) is 0.701. The van der Waals surface area contributed by atoms with Crippen LogP contribution in [0.1, 0.15) is 10.4 Å². The number of allylic oxidation sites excluding steroid dienone is 4. The van der Waals surface area contributed by atoms with E-state index in [1.165, 1.54) is 24.3 Å². The van der Waals surface area contributed by atoms with Crippen molar-refractivity contribution in [2.45, 2.75) is 0 Å². The van der Waals surface area contributed by atoms with Crippen LogP contribution in [0.2, 0.25) is 0 Å². The third-order valence-corrected chi connectivity index (χ3v) is 2.67. The minimum absolute atomic E-state index is 0.00769. The number of hydrogen-bond donors (Lipinski definition) is 0. The van der Waals surface area contributed by atoms with E-state index < -0.39 is 11.4 Å². The predicted molar refractivity (Wildman–Crippen MR) is 75.3 cm³/mol. The van der Waals surface area contributed by atoms with Crippen LogP contribution in [0.5, 0.6) is 0 Å². The molecule has 0 spiro atoms. The molecule has 2 rings (SSSR count). The highest BCUT2D eigenvalue weighted by molar-refractivity contribution is 6.11. The monoisotopic (exact) mass is 252 g/mol. The SMILES string of the molecule is C=C/C=C(\C=C)C(=O)c1cc2ccccc2oc1=O. The molecular formula is C16H12O3. The van der Waals surface area contributed by atoms with Gasteiger partial charge in [-0.1, -0.05) is 49.6 Å².